The van der Waals surface area contributed by atoms with Crippen molar-refractivity contribution in [1.29, 1.82) is 0 Å². The SMILES string of the molecule is COc1ccc(CN=NC=C2N(C)c3ccc([N+](=O)[O-])cc3C2(C)C)cc1.O=P(O)(O)O. The molecule has 0 unspecified atom stereocenters. The Morgan fingerprint density at radius 3 is 2.31 bits per heavy atom. The van der Waals surface area contributed by atoms with Crippen LogP contribution < -0.4 is 9.64 Å². The number of non-ortho nitro benzene ring substituents is 1. The number of nitrogens with zero attached hydrogens (tertiary/aromatic N) is 4. The normalized spacial score (nSPS) is 16.0. The van der Waals surface area contributed by atoms with E-state index < -0.39 is 13.2 Å². The molecule has 2 aromatic carbocycles. The Bertz CT molecular complexity index is 1070. The highest BCUT2D eigenvalue weighted by molar-refractivity contribution is 7.45. The van der Waals surface area contributed by atoms with E-state index in [-0.39, 0.29) is 10.6 Å². The van der Waals surface area contributed by atoms with Crippen molar-refractivity contribution < 1.29 is 28.9 Å². The van der Waals surface area contributed by atoms with Crippen molar-refractivity contribution in [3.63, 3.8) is 0 Å². The van der Waals surface area contributed by atoms with Crippen LogP contribution >= 0.6 is 7.82 Å². The lowest BCUT2D eigenvalue weighted by atomic mass is 9.84. The van der Waals surface area contributed by atoms with Gasteiger partial charge in [-0.3, -0.25) is 10.1 Å². The molecule has 172 valence electrons. The zero-order chi connectivity index (χ0) is 24.1. The molecule has 0 saturated heterocycles. The molecule has 12 heteroatoms. The van der Waals surface area contributed by atoms with Gasteiger partial charge in [-0.05, 0) is 29.3 Å². The summed E-state index contributed by atoms with van der Waals surface area (Å²) < 4.78 is 14.0. The van der Waals surface area contributed by atoms with E-state index in [0.29, 0.717) is 6.54 Å². The first-order chi connectivity index (χ1) is 14.8. The number of nitro groups is 1. The molecular weight excluding hydrogens is 439 g/mol. The third kappa shape index (κ3) is 6.44. The van der Waals surface area contributed by atoms with Gasteiger partial charge in [0.1, 0.15) is 5.75 Å². The van der Waals surface area contributed by atoms with Gasteiger partial charge in [0, 0.05) is 36.0 Å². The maximum Gasteiger partial charge on any atom is 0.466 e. The number of likely N-dealkylation sites (N-methyl/N-ethyl adjacent to an activating group) is 1. The lowest BCUT2D eigenvalue weighted by Gasteiger charge is -2.22. The van der Waals surface area contributed by atoms with Gasteiger partial charge in [0.25, 0.3) is 5.69 Å². The van der Waals surface area contributed by atoms with E-state index in [1.807, 2.05) is 50.1 Å². The lowest BCUT2D eigenvalue weighted by molar-refractivity contribution is -0.384. The van der Waals surface area contributed by atoms with E-state index in [0.717, 1.165) is 28.3 Å². The number of azo groups is 1. The molecule has 0 bridgehead atoms. The van der Waals surface area contributed by atoms with Gasteiger partial charge in [-0.15, -0.1) is 0 Å². The van der Waals surface area contributed by atoms with Crippen LogP contribution in [0, 0.1) is 10.1 Å². The molecule has 1 aliphatic heterocycles. The van der Waals surface area contributed by atoms with Crippen molar-refractivity contribution in [2.45, 2.75) is 25.8 Å². The number of anilines is 1. The van der Waals surface area contributed by atoms with Gasteiger partial charge in [0.15, 0.2) is 0 Å². The number of benzene rings is 2. The van der Waals surface area contributed by atoms with E-state index in [9.17, 15) is 10.1 Å². The monoisotopic (exact) mass is 464 g/mol. The predicted octanol–water partition coefficient (Wildman–Crippen LogP) is 3.90. The van der Waals surface area contributed by atoms with Crippen molar-refractivity contribution in [3.05, 3.63) is 75.6 Å². The lowest BCUT2D eigenvalue weighted by Crippen LogP contribution is -2.22. The standard InChI is InChI=1S/C20H22N4O3.H3O4P/c1-20(2)17-11-15(24(25)26)7-10-18(17)23(3)19(20)13-22-21-12-14-5-8-16(27-4)9-6-14;1-5(2,3)4/h5-11,13H,12H2,1-4H3;(H3,1,2,3,4). The van der Waals surface area contributed by atoms with Crippen molar-refractivity contribution in [3.8, 4) is 5.75 Å². The summed E-state index contributed by atoms with van der Waals surface area (Å²) in [4.78, 5) is 34.3. The maximum atomic E-state index is 11.1. The highest BCUT2D eigenvalue weighted by atomic mass is 31.2. The van der Waals surface area contributed by atoms with Crippen LogP contribution in [0.4, 0.5) is 11.4 Å². The van der Waals surface area contributed by atoms with Crippen molar-refractivity contribution in [2.24, 2.45) is 10.2 Å². The third-order valence-corrected chi connectivity index (χ3v) is 4.90. The predicted molar refractivity (Wildman–Crippen MR) is 118 cm³/mol. The quantitative estimate of drug-likeness (QED) is 0.260. The number of phosphoric acid groups is 1. The smallest absolute Gasteiger partial charge is 0.466 e. The Morgan fingerprint density at radius 2 is 1.78 bits per heavy atom. The summed E-state index contributed by atoms with van der Waals surface area (Å²) in [5, 5.41) is 19.6. The van der Waals surface area contributed by atoms with Crippen molar-refractivity contribution in [2.75, 3.05) is 19.1 Å². The highest BCUT2D eigenvalue weighted by Crippen LogP contribution is 2.47. The molecule has 2 aromatic rings. The van der Waals surface area contributed by atoms with Gasteiger partial charge in [-0.1, -0.05) is 26.0 Å². The minimum absolute atomic E-state index is 0.0950. The fourth-order valence-corrected chi connectivity index (χ4v) is 3.31. The summed E-state index contributed by atoms with van der Waals surface area (Å²) in [6.45, 7) is 4.53. The summed E-state index contributed by atoms with van der Waals surface area (Å²) in [6.07, 6.45) is 1.73. The first-order valence-electron chi connectivity index (χ1n) is 9.35. The van der Waals surface area contributed by atoms with Gasteiger partial charge >= 0.3 is 7.82 Å². The topological polar surface area (TPSA) is 158 Å². The minimum atomic E-state index is -4.64. The third-order valence-electron chi connectivity index (χ3n) is 4.90. The molecule has 0 atom stereocenters. The zero-order valence-corrected chi connectivity index (χ0v) is 18.9. The van der Waals surface area contributed by atoms with Crippen LogP contribution in [-0.2, 0) is 16.5 Å². The number of fused-ring (bicyclic) bond motifs is 1. The average molecular weight is 464 g/mol. The fourth-order valence-electron chi connectivity index (χ4n) is 3.31. The van der Waals surface area contributed by atoms with Gasteiger partial charge in [0.05, 0.1) is 24.8 Å². The maximum absolute atomic E-state index is 11.1. The number of hydrogen-bond donors (Lipinski definition) is 3. The highest BCUT2D eigenvalue weighted by Gasteiger charge is 2.39. The summed E-state index contributed by atoms with van der Waals surface area (Å²) >= 11 is 0. The van der Waals surface area contributed by atoms with Gasteiger partial charge in [-0.2, -0.15) is 10.2 Å². The summed E-state index contributed by atoms with van der Waals surface area (Å²) in [5.74, 6) is 0.805. The molecule has 32 heavy (non-hydrogen) atoms. The molecule has 0 amide bonds. The Labute approximate surface area is 185 Å². The molecule has 1 heterocycles. The van der Waals surface area contributed by atoms with E-state index in [1.54, 1.807) is 25.4 Å². The Morgan fingerprint density at radius 1 is 1.19 bits per heavy atom. The molecule has 11 nitrogen and oxygen atoms in total. The second-order valence-electron chi connectivity index (χ2n) is 7.43. The van der Waals surface area contributed by atoms with Crippen molar-refractivity contribution in [1.82, 2.24) is 0 Å². The molecule has 0 saturated carbocycles. The van der Waals surface area contributed by atoms with Crippen molar-refractivity contribution >= 4 is 19.2 Å². The van der Waals surface area contributed by atoms with Crippen LogP contribution in [-0.4, -0.2) is 33.8 Å². The zero-order valence-electron chi connectivity index (χ0n) is 18.0. The Hall–Kier alpha value is -3.11. The van der Waals surface area contributed by atoms with Crippen LogP contribution in [0.15, 0.2) is 64.6 Å². The molecule has 1 aliphatic rings. The molecule has 0 aromatic heterocycles. The second-order valence-corrected chi connectivity index (χ2v) is 8.46. The second kappa shape index (κ2) is 10.0. The van der Waals surface area contributed by atoms with E-state index >= 15 is 0 Å². The first kappa shape index (κ1) is 25.2. The summed E-state index contributed by atoms with van der Waals surface area (Å²) in [6, 6.07) is 12.6. The number of rotatable bonds is 5. The number of allylic oxidation sites excluding steroid dienone is 1. The first-order valence-corrected chi connectivity index (χ1v) is 10.9. The summed E-state index contributed by atoms with van der Waals surface area (Å²) in [5.41, 5.74) is 3.54. The van der Waals surface area contributed by atoms with E-state index in [1.165, 1.54) is 6.07 Å². The van der Waals surface area contributed by atoms with Crippen LogP contribution in [0.3, 0.4) is 0 Å². The van der Waals surface area contributed by atoms with Gasteiger partial charge < -0.3 is 24.3 Å². The van der Waals surface area contributed by atoms with E-state index in [2.05, 4.69) is 10.2 Å². The van der Waals surface area contributed by atoms with Crippen LogP contribution in [0.2, 0.25) is 0 Å². The molecule has 3 N–H and O–H groups in total. The fraction of sp³-hybridized carbons (Fsp3) is 0.300. The largest absolute Gasteiger partial charge is 0.497 e. The number of nitro benzene ring substituents is 1. The van der Waals surface area contributed by atoms with Gasteiger partial charge in [-0.25, -0.2) is 4.57 Å². The van der Waals surface area contributed by atoms with E-state index in [4.69, 9.17) is 24.0 Å². The molecule has 0 radical (unpaired) electrons. The van der Waals surface area contributed by atoms with Gasteiger partial charge in [0.2, 0.25) is 0 Å². The molecule has 0 spiro atoms. The molecule has 0 aliphatic carbocycles. The number of methoxy groups -OCH3 is 1. The molecular formula is C20H25N4O7P. The number of hydrogen-bond acceptors (Lipinski definition) is 7. The Kier molecular flexibility index (Phi) is 7.87. The Balaban J connectivity index is 0.000000654. The van der Waals surface area contributed by atoms with Crippen LogP contribution in [0.25, 0.3) is 0 Å². The van der Waals surface area contributed by atoms with Crippen LogP contribution in [0.1, 0.15) is 25.0 Å². The molecule has 0 fully saturated rings. The molecule has 3 rings (SSSR count). The minimum Gasteiger partial charge on any atom is -0.497 e. The summed E-state index contributed by atoms with van der Waals surface area (Å²) in [7, 11) is -1.07. The number of ether oxygens (including phenoxy) is 1. The average Bonchev–Trinajstić information content (AvgIpc) is 2.90. The van der Waals surface area contributed by atoms with Crippen LogP contribution in [0.5, 0.6) is 5.75 Å².